The van der Waals surface area contributed by atoms with E-state index in [-0.39, 0.29) is 22.6 Å². The third-order valence-corrected chi connectivity index (χ3v) is 5.44. The minimum Gasteiger partial charge on any atom is -0.484 e. The molecule has 2 amide bonds. The second-order valence-electron chi connectivity index (χ2n) is 5.87. The molecule has 1 aliphatic heterocycles. The molecule has 0 radical (unpaired) electrons. The predicted molar refractivity (Wildman–Crippen MR) is 110 cm³/mol. The molecule has 2 aromatic rings. The van der Waals surface area contributed by atoms with Crippen molar-refractivity contribution in [2.75, 3.05) is 11.9 Å². The van der Waals surface area contributed by atoms with Crippen LogP contribution in [0.25, 0.3) is 6.08 Å². The number of amides is 2. The summed E-state index contributed by atoms with van der Waals surface area (Å²) in [4.78, 5) is 24.0. The van der Waals surface area contributed by atoms with Crippen molar-refractivity contribution in [3.05, 3.63) is 59.0 Å². The van der Waals surface area contributed by atoms with Crippen LogP contribution in [0.5, 0.6) is 5.75 Å². The average Bonchev–Trinajstić information content (AvgIpc) is 2.98. The van der Waals surface area contributed by atoms with Gasteiger partial charge < -0.3 is 15.4 Å². The summed E-state index contributed by atoms with van der Waals surface area (Å²) >= 11 is 1.05. The quantitative estimate of drug-likeness (QED) is 0.508. The Hall–Kier alpha value is -3.15. The Bertz CT molecular complexity index is 1090. The summed E-state index contributed by atoms with van der Waals surface area (Å²) in [5.41, 5.74) is 1.16. The summed E-state index contributed by atoms with van der Waals surface area (Å²) in [5, 5.41) is 17.5. The first-order valence-corrected chi connectivity index (χ1v) is 10.5. The van der Waals surface area contributed by atoms with Gasteiger partial charge in [0.05, 0.1) is 9.80 Å². The van der Waals surface area contributed by atoms with E-state index < -0.39 is 15.9 Å². The van der Waals surface area contributed by atoms with Gasteiger partial charge >= 0.3 is 0 Å². The van der Waals surface area contributed by atoms with Crippen LogP contribution in [0, 0.1) is 5.41 Å². The first kappa shape index (κ1) is 20.6. The van der Waals surface area contributed by atoms with Crippen LogP contribution in [0.4, 0.5) is 5.69 Å². The molecular weight excluding hydrogens is 416 g/mol. The molecular formula is C18H16N4O5S2. The minimum atomic E-state index is -3.79. The highest BCUT2D eigenvalue weighted by Crippen LogP contribution is 2.25. The van der Waals surface area contributed by atoms with Gasteiger partial charge in [-0.05, 0) is 59.8 Å². The largest absolute Gasteiger partial charge is 0.484 e. The smallest absolute Gasteiger partial charge is 0.264 e. The number of carbonyl (C=O) groups excluding carboxylic acids is 2. The number of nitrogens with two attached hydrogens (primary N) is 1. The lowest BCUT2D eigenvalue weighted by molar-refractivity contribution is -0.118. The number of hydrogen-bond acceptors (Lipinski definition) is 7. The van der Waals surface area contributed by atoms with E-state index in [0.717, 1.165) is 17.3 Å². The number of nitrogens with one attached hydrogen (secondary N) is 3. The molecule has 1 heterocycles. The Kier molecular flexibility index (Phi) is 6.01. The average molecular weight is 432 g/mol. The maximum atomic E-state index is 12.0. The molecule has 0 atom stereocenters. The Labute approximate surface area is 170 Å². The lowest BCUT2D eigenvalue weighted by Gasteiger charge is -2.08. The summed E-state index contributed by atoms with van der Waals surface area (Å²) in [7, 11) is -3.79. The molecule has 0 spiro atoms. The SMILES string of the molecule is N=C1NC(=O)/C(=C/c2ccc(OCC(=O)Nc3ccc(S(N)(=O)=O)cc3)cc2)S1. The van der Waals surface area contributed by atoms with Crippen molar-refractivity contribution in [1.29, 1.82) is 5.41 Å². The van der Waals surface area contributed by atoms with Crippen molar-refractivity contribution in [1.82, 2.24) is 5.32 Å². The molecule has 1 aliphatic rings. The Morgan fingerprint density at radius 1 is 1.17 bits per heavy atom. The minimum absolute atomic E-state index is 0.0490. The molecule has 1 saturated heterocycles. The molecule has 0 saturated carbocycles. The topological polar surface area (TPSA) is 151 Å². The number of benzene rings is 2. The van der Waals surface area contributed by atoms with Crippen molar-refractivity contribution in [3.8, 4) is 5.75 Å². The van der Waals surface area contributed by atoms with E-state index in [1.807, 2.05) is 0 Å². The second kappa shape index (κ2) is 8.47. The van der Waals surface area contributed by atoms with Gasteiger partial charge in [0.25, 0.3) is 11.8 Å². The van der Waals surface area contributed by atoms with Crippen LogP contribution < -0.4 is 20.5 Å². The van der Waals surface area contributed by atoms with Crippen molar-refractivity contribution in [2.45, 2.75) is 4.90 Å². The van der Waals surface area contributed by atoms with E-state index >= 15 is 0 Å². The Morgan fingerprint density at radius 3 is 2.38 bits per heavy atom. The summed E-state index contributed by atoms with van der Waals surface area (Å²) in [5.74, 6) is -0.269. The zero-order chi connectivity index (χ0) is 21.0. The molecule has 1 fully saturated rings. The molecule has 0 unspecified atom stereocenters. The fourth-order valence-electron chi connectivity index (χ4n) is 2.33. The van der Waals surface area contributed by atoms with Gasteiger partial charge in [0.15, 0.2) is 11.8 Å². The molecule has 0 bridgehead atoms. The first-order chi connectivity index (χ1) is 13.7. The molecule has 5 N–H and O–H groups in total. The van der Waals surface area contributed by atoms with Crippen LogP contribution in [0.3, 0.4) is 0 Å². The lowest BCUT2D eigenvalue weighted by atomic mass is 10.2. The van der Waals surface area contributed by atoms with E-state index in [0.29, 0.717) is 16.3 Å². The lowest BCUT2D eigenvalue weighted by Crippen LogP contribution is -2.20. The molecule has 11 heteroatoms. The van der Waals surface area contributed by atoms with Crippen molar-refractivity contribution in [3.63, 3.8) is 0 Å². The van der Waals surface area contributed by atoms with Gasteiger partial charge in [-0.25, -0.2) is 13.6 Å². The third-order valence-electron chi connectivity index (χ3n) is 3.68. The fourth-order valence-corrected chi connectivity index (χ4v) is 3.54. The molecule has 3 rings (SSSR count). The molecule has 2 aromatic carbocycles. The number of hydrogen-bond donors (Lipinski definition) is 4. The van der Waals surface area contributed by atoms with E-state index in [1.54, 1.807) is 30.3 Å². The number of thioether (sulfide) groups is 1. The molecule has 0 aliphatic carbocycles. The highest BCUT2D eigenvalue weighted by molar-refractivity contribution is 8.18. The number of sulfonamides is 1. The monoisotopic (exact) mass is 432 g/mol. The number of ether oxygens (including phenoxy) is 1. The number of carbonyl (C=O) groups is 2. The number of primary sulfonamides is 1. The third kappa shape index (κ3) is 5.67. The first-order valence-electron chi connectivity index (χ1n) is 8.16. The highest BCUT2D eigenvalue weighted by atomic mass is 32.2. The van der Waals surface area contributed by atoms with Crippen LogP contribution in [0.1, 0.15) is 5.56 Å². The number of amidine groups is 1. The summed E-state index contributed by atoms with van der Waals surface area (Å²) in [6.07, 6.45) is 1.66. The highest BCUT2D eigenvalue weighted by Gasteiger charge is 2.22. The maximum Gasteiger partial charge on any atom is 0.264 e. The second-order valence-corrected chi connectivity index (χ2v) is 8.48. The summed E-state index contributed by atoms with van der Waals surface area (Å²) < 4.78 is 27.8. The fraction of sp³-hybridized carbons (Fsp3) is 0.0556. The normalized spacial score (nSPS) is 15.3. The van der Waals surface area contributed by atoms with Crippen molar-refractivity contribution >= 4 is 50.5 Å². The van der Waals surface area contributed by atoms with Crippen LogP contribution in [-0.2, 0) is 19.6 Å². The van der Waals surface area contributed by atoms with Crippen LogP contribution in [0.15, 0.2) is 58.3 Å². The molecule has 150 valence electrons. The van der Waals surface area contributed by atoms with Gasteiger partial charge in [-0.2, -0.15) is 0 Å². The van der Waals surface area contributed by atoms with E-state index in [1.165, 1.54) is 24.3 Å². The standard InChI is InChI=1S/C18H16N4O5S2/c19-18-22-17(24)15(28-18)9-11-1-5-13(6-2-11)27-10-16(23)21-12-3-7-14(8-4-12)29(20,25)26/h1-9H,10H2,(H,21,23)(H2,19,22,24)(H2,20,25,26)/b15-9-. The van der Waals surface area contributed by atoms with E-state index in [2.05, 4.69) is 10.6 Å². The zero-order valence-corrected chi connectivity index (χ0v) is 16.5. The van der Waals surface area contributed by atoms with Crippen LogP contribution in [-0.4, -0.2) is 32.0 Å². The van der Waals surface area contributed by atoms with Gasteiger partial charge in [0.2, 0.25) is 10.0 Å². The Balaban J connectivity index is 1.53. The van der Waals surface area contributed by atoms with Gasteiger partial charge in [-0.1, -0.05) is 12.1 Å². The maximum absolute atomic E-state index is 12.0. The molecule has 29 heavy (non-hydrogen) atoms. The zero-order valence-electron chi connectivity index (χ0n) is 14.8. The summed E-state index contributed by atoms with van der Waals surface area (Å²) in [6.45, 7) is -0.243. The Morgan fingerprint density at radius 2 is 1.83 bits per heavy atom. The molecule has 0 aromatic heterocycles. The number of rotatable bonds is 6. The van der Waals surface area contributed by atoms with Gasteiger partial charge in [-0.3, -0.25) is 15.0 Å². The predicted octanol–water partition coefficient (Wildman–Crippen LogP) is 1.49. The summed E-state index contributed by atoms with van der Waals surface area (Å²) in [6, 6.07) is 12.2. The van der Waals surface area contributed by atoms with Gasteiger partial charge in [0.1, 0.15) is 5.75 Å². The van der Waals surface area contributed by atoms with Crippen LogP contribution >= 0.6 is 11.8 Å². The molecule has 9 nitrogen and oxygen atoms in total. The number of anilines is 1. The van der Waals surface area contributed by atoms with Gasteiger partial charge in [-0.15, -0.1) is 0 Å². The van der Waals surface area contributed by atoms with E-state index in [4.69, 9.17) is 15.3 Å². The van der Waals surface area contributed by atoms with Crippen LogP contribution in [0.2, 0.25) is 0 Å². The van der Waals surface area contributed by atoms with Gasteiger partial charge in [0, 0.05) is 5.69 Å². The van der Waals surface area contributed by atoms with Crippen molar-refractivity contribution in [2.24, 2.45) is 5.14 Å². The van der Waals surface area contributed by atoms with Crippen molar-refractivity contribution < 1.29 is 22.7 Å². The van der Waals surface area contributed by atoms with E-state index in [9.17, 15) is 18.0 Å².